The number of carbonyl (C=O) groups excluding carboxylic acids is 2. The maximum absolute atomic E-state index is 12.4. The Morgan fingerprint density at radius 1 is 1.04 bits per heavy atom. The van der Waals surface area contributed by atoms with Crippen molar-refractivity contribution in [2.24, 2.45) is 0 Å². The standard InChI is InChI=1S/C19H22N2O2/c1-4-15-10-6-8-12-17(15)20-18(22)13-21(3)19(23)16-11-7-5-9-14(16)2/h5-12H,4,13H2,1-3H3,(H,20,22). The second-order valence-electron chi connectivity index (χ2n) is 5.54. The van der Waals surface area contributed by atoms with Gasteiger partial charge < -0.3 is 10.2 Å². The zero-order chi connectivity index (χ0) is 16.8. The zero-order valence-electron chi connectivity index (χ0n) is 13.8. The van der Waals surface area contributed by atoms with Crippen LogP contribution in [0.5, 0.6) is 0 Å². The van der Waals surface area contributed by atoms with E-state index < -0.39 is 0 Å². The van der Waals surface area contributed by atoms with Gasteiger partial charge in [0.15, 0.2) is 0 Å². The third kappa shape index (κ3) is 4.19. The summed E-state index contributed by atoms with van der Waals surface area (Å²) in [5.41, 5.74) is 3.41. The molecule has 23 heavy (non-hydrogen) atoms. The van der Waals surface area contributed by atoms with Crippen LogP contribution < -0.4 is 5.32 Å². The highest BCUT2D eigenvalue weighted by molar-refractivity contribution is 6.00. The lowest BCUT2D eigenvalue weighted by Crippen LogP contribution is -2.35. The van der Waals surface area contributed by atoms with E-state index in [4.69, 9.17) is 0 Å². The van der Waals surface area contributed by atoms with E-state index in [9.17, 15) is 9.59 Å². The zero-order valence-corrected chi connectivity index (χ0v) is 13.8. The highest BCUT2D eigenvalue weighted by Gasteiger charge is 2.16. The first-order valence-electron chi connectivity index (χ1n) is 7.71. The molecule has 0 bridgehead atoms. The molecule has 0 aliphatic heterocycles. The molecule has 4 heteroatoms. The predicted octanol–water partition coefficient (Wildman–Crippen LogP) is 3.27. The highest BCUT2D eigenvalue weighted by atomic mass is 16.2. The highest BCUT2D eigenvalue weighted by Crippen LogP contribution is 2.15. The summed E-state index contributed by atoms with van der Waals surface area (Å²) in [6.07, 6.45) is 0.842. The maximum atomic E-state index is 12.4. The molecule has 0 aromatic heterocycles. The van der Waals surface area contributed by atoms with Gasteiger partial charge in [-0.25, -0.2) is 0 Å². The maximum Gasteiger partial charge on any atom is 0.254 e. The van der Waals surface area contributed by atoms with E-state index in [1.807, 2.05) is 56.3 Å². The second kappa shape index (κ2) is 7.58. The fourth-order valence-electron chi connectivity index (χ4n) is 2.45. The van der Waals surface area contributed by atoms with Gasteiger partial charge in [0.2, 0.25) is 5.91 Å². The Kier molecular flexibility index (Phi) is 5.52. The lowest BCUT2D eigenvalue weighted by atomic mass is 10.1. The number of nitrogens with zero attached hydrogens (tertiary/aromatic N) is 1. The number of nitrogens with one attached hydrogen (secondary N) is 1. The fraction of sp³-hybridized carbons (Fsp3) is 0.263. The molecule has 120 valence electrons. The molecule has 0 saturated carbocycles. The molecule has 0 fully saturated rings. The summed E-state index contributed by atoms with van der Waals surface area (Å²) in [6, 6.07) is 15.1. The van der Waals surface area contributed by atoms with Crippen molar-refractivity contribution in [2.75, 3.05) is 18.9 Å². The van der Waals surface area contributed by atoms with E-state index in [1.54, 1.807) is 13.1 Å². The van der Waals surface area contributed by atoms with Crippen molar-refractivity contribution >= 4 is 17.5 Å². The number of rotatable bonds is 5. The van der Waals surface area contributed by atoms with Crippen LogP contribution in [0.15, 0.2) is 48.5 Å². The normalized spacial score (nSPS) is 10.2. The van der Waals surface area contributed by atoms with Crippen molar-refractivity contribution in [1.29, 1.82) is 0 Å². The minimum absolute atomic E-state index is 0.0191. The molecule has 2 aromatic rings. The van der Waals surface area contributed by atoms with E-state index in [-0.39, 0.29) is 18.4 Å². The Morgan fingerprint density at radius 3 is 2.39 bits per heavy atom. The van der Waals surface area contributed by atoms with Crippen LogP contribution in [0.25, 0.3) is 0 Å². The minimum atomic E-state index is -0.199. The summed E-state index contributed by atoms with van der Waals surface area (Å²) < 4.78 is 0. The van der Waals surface area contributed by atoms with Gasteiger partial charge in [-0.15, -0.1) is 0 Å². The van der Waals surface area contributed by atoms with Gasteiger partial charge >= 0.3 is 0 Å². The summed E-state index contributed by atoms with van der Waals surface area (Å²) in [6.45, 7) is 3.95. The third-order valence-corrected chi connectivity index (χ3v) is 3.78. The van der Waals surface area contributed by atoms with Crippen LogP contribution in [-0.2, 0) is 11.2 Å². The topological polar surface area (TPSA) is 49.4 Å². The first-order chi connectivity index (χ1) is 11.0. The molecule has 0 aliphatic rings. The summed E-state index contributed by atoms with van der Waals surface area (Å²) in [4.78, 5) is 26.1. The molecule has 0 atom stereocenters. The van der Waals surface area contributed by atoms with Crippen molar-refractivity contribution in [3.63, 3.8) is 0 Å². The number of likely N-dealkylation sites (N-methyl/N-ethyl adjacent to an activating group) is 1. The van der Waals surface area contributed by atoms with Crippen LogP contribution in [0.4, 0.5) is 5.69 Å². The van der Waals surface area contributed by atoms with Crippen molar-refractivity contribution in [3.8, 4) is 0 Å². The first-order valence-corrected chi connectivity index (χ1v) is 7.71. The molecule has 0 radical (unpaired) electrons. The number of para-hydroxylation sites is 1. The van der Waals surface area contributed by atoms with E-state index >= 15 is 0 Å². The Balaban J connectivity index is 2.02. The second-order valence-corrected chi connectivity index (χ2v) is 5.54. The Bertz CT molecular complexity index is 710. The van der Waals surface area contributed by atoms with Crippen LogP contribution in [-0.4, -0.2) is 30.3 Å². The summed E-state index contributed by atoms with van der Waals surface area (Å²) in [5.74, 6) is -0.350. The van der Waals surface area contributed by atoms with Crippen LogP contribution in [0, 0.1) is 6.92 Å². The summed E-state index contributed by atoms with van der Waals surface area (Å²) >= 11 is 0. The van der Waals surface area contributed by atoms with E-state index in [2.05, 4.69) is 5.32 Å². The van der Waals surface area contributed by atoms with Crippen molar-refractivity contribution in [3.05, 3.63) is 65.2 Å². The number of hydrogen-bond acceptors (Lipinski definition) is 2. The number of hydrogen-bond donors (Lipinski definition) is 1. The van der Waals surface area contributed by atoms with Gasteiger partial charge in [0.05, 0.1) is 6.54 Å². The van der Waals surface area contributed by atoms with Crippen LogP contribution >= 0.6 is 0 Å². The van der Waals surface area contributed by atoms with Crippen LogP contribution in [0.1, 0.15) is 28.4 Å². The van der Waals surface area contributed by atoms with Gasteiger partial charge in [-0.05, 0) is 36.6 Å². The van der Waals surface area contributed by atoms with Gasteiger partial charge in [-0.2, -0.15) is 0 Å². The number of benzene rings is 2. The lowest BCUT2D eigenvalue weighted by Gasteiger charge is -2.18. The molecule has 1 N–H and O–H groups in total. The number of carbonyl (C=O) groups is 2. The number of anilines is 1. The van der Waals surface area contributed by atoms with Crippen LogP contribution in [0.3, 0.4) is 0 Å². The van der Waals surface area contributed by atoms with Gasteiger partial charge in [0.25, 0.3) is 5.91 Å². The molecule has 0 heterocycles. The van der Waals surface area contributed by atoms with Crippen LogP contribution in [0.2, 0.25) is 0 Å². The Hall–Kier alpha value is -2.62. The van der Waals surface area contributed by atoms with Gasteiger partial charge in [0.1, 0.15) is 0 Å². The Labute approximate surface area is 137 Å². The summed E-state index contributed by atoms with van der Waals surface area (Å²) in [7, 11) is 1.64. The van der Waals surface area contributed by atoms with E-state index in [1.165, 1.54) is 4.90 Å². The van der Waals surface area contributed by atoms with Gasteiger partial charge in [-0.1, -0.05) is 43.3 Å². The molecule has 0 unspecified atom stereocenters. The lowest BCUT2D eigenvalue weighted by molar-refractivity contribution is -0.116. The van der Waals surface area contributed by atoms with Crippen molar-refractivity contribution in [2.45, 2.75) is 20.3 Å². The minimum Gasteiger partial charge on any atom is -0.332 e. The van der Waals surface area contributed by atoms with Gasteiger partial charge in [-0.3, -0.25) is 9.59 Å². The molecule has 4 nitrogen and oxygen atoms in total. The van der Waals surface area contributed by atoms with E-state index in [0.29, 0.717) is 5.56 Å². The first kappa shape index (κ1) is 16.7. The number of aryl methyl sites for hydroxylation is 2. The molecule has 0 saturated heterocycles. The predicted molar refractivity (Wildman–Crippen MR) is 92.6 cm³/mol. The number of amides is 2. The molecule has 2 aromatic carbocycles. The quantitative estimate of drug-likeness (QED) is 0.921. The van der Waals surface area contributed by atoms with Crippen molar-refractivity contribution in [1.82, 2.24) is 4.90 Å². The summed E-state index contributed by atoms with van der Waals surface area (Å²) in [5, 5.41) is 2.88. The molecule has 0 spiro atoms. The molecule has 2 amide bonds. The smallest absolute Gasteiger partial charge is 0.254 e. The Morgan fingerprint density at radius 2 is 1.70 bits per heavy atom. The molecular weight excluding hydrogens is 288 g/mol. The molecule has 2 rings (SSSR count). The largest absolute Gasteiger partial charge is 0.332 e. The molecule has 0 aliphatic carbocycles. The molecular formula is C19H22N2O2. The van der Waals surface area contributed by atoms with E-state index in [0.717, 1.165) is 23.2 Å². The van der Waals surface area contributed by atoms with Gasteiger partial charge in [0, 0.05) is 18.3 Å². The fourth-order valence-corrected chi connectivity index (χ4v) is 2.45. The average Bonchev–Trinajstić information content (AvgIpc) is 2.55. The monoisotopic (exact) mass is 310 g/mol. The average molecular weight is 310 g/mol. The SMILES string of the molecule is CCc1ccccc1NC(=O)CN(C)C(=O)c1ccccc1C. The third-order valence-electron chi connectivity index (χ3n) is 3.78. The van der Waals surface area contributed by atoms with Crippen molar-refractivity contribution < 1.29 is 9.59 Å².